The molecule has 0 bridgehead atoms. The van der Waals surface area contributed by atoms with E-state index in [1.165, 1.54) is 4.57 Å². The van der Waals surface area contributed by atoms with Gasteiger partial charge >= 0.3 is 5.69 Å². The highest BCUT2D eigenvalue weighted by atomic mass is 16.5. The lowest BCUT2D eigenvalue weighted by Gasteiger charge is -2.21. The normalized spacial score (nSPS) is 11.1. The maximum absolute atomic E-state index is 12.5. The van der Waals surface area contributed by atoms with Crippen LogP contribution in [0.3, 0.4) is 0 Å². The SMILES string of the molecule is CCN(CC)c1nc2c(c(=O)[nH]c(=O)n2C)n1CCCOc1ccccc1. The van der Waals surface area contributed by atoms with Crippen LogP contribution in [0.4, 0.5) is 5.95 Å². The Kier molecular flexibility index (Phi) is 5.63. The number of imidazole rings is 1. The first-order valence-electron chi connectivity index (χ1n) is 9.19. The van der Waals surface area contributed by atoms with Gasteiger partial charge in [0.25, 0.3) is 5.56 Å². The van der Waals surface area contributed by atoms with Crippen LogP contribution in [-0.4, -0.2) is 38.8 Å². The van der Waals surface area contributed by atoms with Gasteiger partial charge in [0.2, 0.25) is 5.95 Å². The molecule has 2 heterocycles. The van der Waals surface area contributed by atoms with Crippen LogP contribution >= 0.6 is 0 Å². The van der Waals surface area contributed by atoms with Crippen LogP contribution in [0.5, 0.6) is 5.75 Å². The molecule has 3 aromatic rings. The molecule has 0 saturated heterocycles. The van der Waals surface area contributed by atoms with Gasteiger partial charge < -0.3 is 14.2 Å². The Balaban J connectivity index is 1.91. The molecule has 0 aliphatic heterocycles. The van der Waals surface area contributed by atoms with Crippen LogP contribution in [0.1, 0.15) is 20.3 Å². The molecule has 0 spiro atoms. The van der Waals surface area contributed by atoms with E-state index in [4.69, 9.17) is 4.74 Å². The van der Waals surface area contributed by atoms with Crippen LogP contribution in [-0.2, 0) is 13.6 Å². The van der Waals surface area contributed by atoms with Crippen LogP contribution < -0.4 is 20.9 Å². The van der Waals surface area contributed by atoms with Gasteiger partial charge in [0, 0.05) is 26.7 Å². The van der Waals surface area contributed by atoms with Crippen molar-refractivity contribution in [3.8, 4) is 5.75 Å². The number of hydrogen-bond acceptors (Lipinski definition) is 5. The van der Waals surface area contributed by atoms with E-state index in [0.29, 0.717) is 36.7 Å². The van der Waals surface area contributed by atoms with Crippen LogP contribution in [0, 0.1) is 0 Å². The van der Waals surface area contributed by atoms with E-state index in [0.717, 1.165) is 18.8 Å². The Hall–Kier alpha value is -3.03. The summed E-state index contributed by atoms with van der Waals surface area (Å²) in [5.41, 5.74) is -0.0630. The van der Waals surface area contributed by atoms with Gasteiger partial charge in [-0.15, -0.1) is 0 Å². The van der Waals surface area contributed by atoms with E-state index in [1.54, 1.807) is 7.05 Å². The minimum absolute atomic E-state index is 0.398. The molecule has 8 heteroatoms. The monoisotopic (exact) mass is 371 g/mol. The number of nitrogens with zero attached hydrogens (tertiary/aromatic N) is 4. The van der Waals surface area contributed by atoms with Crippen molar-refractivity contribution in [2.45, 2.75) is 26.8 Å². The molecule has 0 aliphatic rings. The van der Waals surface area contributed by atoms with Gasteiger partial charge in [0.05, 0.1) is 6.61 Å². The molecule has 144 valence electrons. The van der Waals surface area contributed by atoms with E-state index in [9.17, 15) is 9.59 Å². The minimum Gasteiger partial charge on any atom is -0.494 e. The van der Waals surface area contributed by atoms with Crippen molar-refractivity contribution < 1.29 is 4.74 Å². The topological polar surface area (TPSA) is 85.2 Å². The van der Waals surface area contributed by atoms with Gasteiger partial charge in [-0.25, -0.2) is 4.79 Å². The summed E-state index contributed by atoms with van der Waals surface area (Å²) < 4.78 is 9.01. The second kappa shape index (κ2) is 8.11. The Morgan fingerprint density at radius 3 is 2.52 bits per heavy atom. The molecule has 0 aliphatic carbocycles. The van der Waals surface area contributed by atoms with Crippen molar-refractivity contribution in [3.05, 3.63) is 51.2 Å². The summed E-state index contributed by atoms with van der Waals surface area (Å²) in [5.74, 6) is 1.51. The number of benzene rings is 1. The molecule has 0 saturated carbocycles. The first kappa shape index (κ1) is 18.8. The number of aromatic amines is 1. The fourth-order valence-electron chi connectivity index (χ4n) is 3.11. The predicted molar refractivity (Wildman–Crippen MR) is 106 cm³/mol. The number of rotatable bonds is 8. The van der Waals surface area contributed by atoms with Gasteiger partial charge in [-0.05, 0) is 32.4 Å². The Labute approximate surface area is 157 Å². The summed E-state index contributed by atoms with van der Waals surface area (Å²) in [6, 6.07) is 9.62. The number of ether oxygens (including phenoxy) is 1. The zero-order valence-electron chi connectivity index (χ0n) is 15.9. The fourth-order valence-corrected chi connectivity index (χ4v) is 3.11. The second-order valence-electron chi connectivity index (χ2n) is 6.24. The molecule has 0 atom stereocenters. The number of nitrogens with one attached hydrogen (secondary N) is 1. The first-order valence-corrected chi connectivity index (χ1v) is 9.19. The van der Waals surface area contributed by atoms with Gasteiger partial charge in [0.15, 0.2) is 11.2 Å². The molecular formula is C19H25N5O3. The van der Waals surface area contributed by atoms with Gasteiger partial charge in [0.1, 0.15) is 5.75 Å². The first-order chi connectivity index (χ1) is 13.1. The van der Waals surface area contributed by atoms with Gasteiger partial charge in [-0.1, -0.05) is 18.2 Å². The molecule has 0 amide bonds. The highest BCUT2D eigenvalue weighted by molar-refractivity contribution is 5.74. The van der Waals surface area contributed by atoms with Crippen molar-refractivity contribution >= 4 is 17.1 Å². The number of aryl methyl sites for hydroxylation is 2. The molecule has 0 radical (unpaired) electrons. The van der Waals surface area contributed by atoms with Gasteiger partial charge in [-0.3, -0.25) is 14.3 Å². The number of H-pyrrole nitrogens is 1. The number of anilines is 1. The fraction of sp³-hybridized carbons (Fsp3) is 0.421. The molecule has 0 unspecified atom stereocenters. The average molecular weight is 371 g/mol. The zero-order valence-corrected chi connectivity index (χ0v) is 15.9. The molecular weight excluding hydrogens is 346 g/mol. The highest BCUT2D eigenvalue weighted by Crippen LogP contribution is 2.20. The minimum atomic E-state index is -0.462. The quantitative estimate of drug-likeness (QED) is 0.610. The molecule has 2 aromatic heterocycles. The third kappa shape index (κ3) is 3.74. The van der Waals surface area contributed by atoms with Gasteiger partial charge in [-0.2, -0.15) is 4.98 Å². The predicted octanol–water partition coefficient (Wildman–Crippen LogP) is 1.74. The largest absolute Gasteiger partial charge is 0.494 e. The van der Waals surface area contributed by atoms with E-state index in [2.05, 4.69) is 14.9 Å². The zero-order chi connectivity index (χ0) is 19.4. The Morgan fingerprint density at radius 2 is 1.85 bits per heavy atom. The standard InChI is InChI=1S/C19H25N5O3/c1-4-23(5-2)18-20-16-15(17(25)21-19(26)22(16)3)24(18)12-9-13-27-14-10-7-6-8-11-14/h6-8,10-11H,4-5,9,12-13H2,1-3H3,(H,21,25,26). The highest BCUT2D eigenvalue weighted by Gasteiger charge is 2.20. The molecule has 1 N–H and O–H groups in total. The van der Waals surface area contributed by atoms with E-state index >= 15 is 0 Å². The van der Waals surface area contributed by atoms with Crippen LogP contribution in [0.2, 0.25) is 0 Å². The van der Waals surface area contributed by atoms with Crippen LogP contribution in [0.25, 0.3) is 11.2 Å². The number of fused-ring (bicyclic) bond motifs is 1. The summed E-state index contributed by atoms with van der Waals surface area (Å²) in [4.78, 5) is 33.4. The summed E-state index contributed by atoms with van der Waals surface area (Å²) >= 11 is 0. The summed E-state index contributed by atoms with van der Waals surface area (Å²) in [7, 11) is 1.61. The molecule has 1 aromatic carbocycles. The lowest BCUT2D eigenvalue weighted by Crippen LogP contribution is -2.29. The average Bonchev–Trinajstić information content (AvgIpc) is 3.05. The number of hydrogen-bond donors (Lipinski definition) is 1. The number of aromatic nitrogens is 4. The lowest BCUT2D eigenvalue weighted by atomic mass is 10.3. The molecule has 27 heavy (non-hydrogen) atoms. The van der Waals surface area contributed by atoms with Crippen molar-refractivity contribution in [3.63, 3.8) is 0 Å². The number of para-hydroxylation sites is 1. The molecule has 8 nitrogen and oxygen atoms in total. The third-order valence-electron chi connectivity index (χ3n) is 4.57. The Morgan fingerprint density at radius 1 is 1.15 bits per heavy atom. The summed E-state index contributed by atoms with van der Waals surface area (Å²) in [6.45, 7) is 6.67. The summed E-state index contributed by atoms with van der Waals surface area (Å²) in [5, 5.41) is 0. The van der Waals surface area contributed by atoms with E-state index in [-0.39, 0.29) is 0 Å². The molecule has 0 fully saturated rings. The van der Waals surface area contributed by atoms with Crippen molar-refractivity contribution in [1.82, 2.24) is 19.1 Å². The second-order valence-corrected chi connectivity index (χ2v) is 6.24. The third-order valence-corrected chi connectivity index (χ3v) is 4.57. The van der Waals surface area contributed by atoms with Crippen LogP contribution in [0.15, 0.2) is 39.9 Å². The lowest BCUT2D eigenvalue weighted by molar-refractivity contribution is 0.302. The van der Waals surface area contributed by atoms with E-state index in [1.807, 2.05) is 48.7 Å². The van der Waals surface area contributed by atoms with E-state index < -0.39 is 11.2 Å². The summed E-state index contributed by atoms with van der Waals surface area (Å²) in [6.07, 6.45) is 0.705. The van der Waals surface area contributed by atoms with Crippen molar-refractivity contribution in [2.75, 3.05) is 24.6 Å². The maximum Gasteiger partial charge on any atom is 0.329 e. The smallest absolute Gasteiger partial charge is 0.329 e. The Bertz CT molecular complexity index is 1020. The molecule has 3 rings (SSSR count). The maximum atomic E-state index is 12.5. The van der Waals surface area contributed by atoms with Crippen molar-refractivity contribution in [2.24, 2.45) is 7.05 Å². The van der Waals surface area contributed by atoms with Crippen molar-refractivity contribution in [1.29, 1.82) is 0 Å².